The van der Waals surface area contributed by atoms with Crippen LogP contribution in [0, 0.1) is 11.8 Å². The van der Waals surface area contributed by atoms with Crippen molar-refractivity contribution in [3.8, 4) is 11.8 Å². The number of aliphatic hydroxyl groups excluding tert-OH is 1. The molecule has 4 atom stereocenters. The number of esters is 2. The van der Waals surface area contributed by atoms with Crippen LogP contribution < -0.4 is 0 Å². The summed E-state index contributed by atoms with van der Waals surface area (Å²) in [7, 11) is 0. The zero-order chi connectivity index (χ0) is 24.1. The van der Waals surface area contributed by atoms with Gasteiger partial charge in [-0.2, -0.15) is 0 Å². The van der Waals surface area contributed by atoms with E-state index in [4.69, 9.17) is 23.7 Å². The number of rotatable bonds is 9. The summed E-state index contributed by atoms with van der Waals surface area (Å²) in [6, 6.07) is 0. The lowest BCUT2D eigenvalue weighted by Gasteiger charge is -2.36. The molecule has 0 amide bonds. The maximum atomic E-state index is 12.5. The molecule has 4 rings (SSSR count). The van der Waals surface area contributed by atoms with E-state index in [0.29, 0.717) is 0 Å². The van der Waals surface area contributed by atoms with Gasteiger partial charge in [-0.3, -0.25) is 0 Å². The lowest BCUT2D eigenvalue weighted by molar-refractivity contribution is -0.153. The van der Waals surface area contributed by atoms with Crippen LogP contribution in [0.3, 0.4) is 0 Å². The molecule has 3 fully saturated rings. The molecule has 1 aromatic rings. The van der Waals surface area contributed by atoms with Crippen molar-refractivity contribution >= 4 is 11.9 Å². The highest BCUT2D eigenvalue weighted by molar-refractivity contribution is 5.92. The van der Waals surface area contributed by atoms with Gasteiger partial charge in [0.05, 0.1) is 32.0 Å². The Kier molecular flexibility index (Phi) is 8.15. The van der Waals surface area contributed by atoms with Crippen LogP contribution in [0.4, 0.5) is 0 Å². The third-order valence-electron chi connectivity index (χ3n) is 6.23. The first-order valence-corrected chi connectivity index (χ1v) is 11.9. The number of carbonyl (C=O) groups is 2. The van der Waals surface area contributed by atoms with Crippen molar-refractivity contribution in [3.63, 3.8) is 0 Å². The van der Waals surface area contributed by atoms with Crippen molar-refractivity contribution in [2.24, 2.45) is 0 Å². The number of ether oxygens (including phenoxy) is 5. The molecule has 0 radical (unpaired) electrons. The van der Waals surface area contributed by atoms with Crippen LogP contribution in [-0.4, -0.2) is 82.4 Å². The van der Waals surface area contributed by atoms with E-state index >= 15 is 0 Å². The normalized spacial score (nSPS) is 26.8. The molecular weight excluding hydrogens is 446 g/mol. The van der Waals surface area contributed by atoms with Gasteiger partial charge in [-0.05, 0) is 58.3 Å². The van der Waals surface area contributed by atoms with Crippen LogP contribution in [0.15, 0.2) is 0 Å². The van der Waals surface area contributed by atoms with E-state index in [1.807, 2.05) is 0 Å². The molecule has 11 nitrogen and oxygen atoms in total. The lowest BCUT2D eigenvalue weighted by Crippen LogP contribution is -2.44. The molecule has 0 spiro atoms. The van der Waals surface area contributed by atoms with E-state index in [9.17, 15) is 14.7 Å². The molecule has 0 unspecified atom stereocenters. The van der Waals surface area contributed by atoms with Crippen molar-refractivity contribution < 1.29 is 38.4 Å². The number of hydrogen-bond acceptors (Lipinski definition) is 10. The number of nitrogens with zero attached hydrogens (tertiary/aromatic N) is 3. The first-order valence-electron chi connectivity index (χ1n) is 11.9. The van der Waals surface area contributed by atoms with Crippen LogP contribution in [0.25, 0.3) is 0 Å². The average molecular weight is 478 g/mol. The van der Waals surface area contributed by atoms with Crippen molar-refractivity contribution in [3.05, 3.63) is 11.4 Å². The van der Waals surface area contributed by atoms with Crippen molar-refractivity contribution in [2.75, 3.05) is 19.8 Å². The number of aliphatic hydroxyl groups is 1. The summed E-state index contributed by atoms with van der Waals surface area (Å²) >= 11 is 0. The molecule has 1 N–H and O–H groups in total. The van der Waals surface area contributed by atoms with Crippen molar-refractivity contribution in [2.45, 2.75) is 89.1 Å². The predicted molar refractivity (Wildman–Crippen MR) is 116 cm³/mol. The highest BCUT2D eigenvalue weighted by atomic mass is 16.6. The third kappa shape index (κ3) is 5.25. The fourth-order valence-electron chi connectivity index (χ4n) is 4.02. The second-order valence-electron chi connectivity index (χ2n) is 8.48. The van der Waals surface area contributed by atoms with Gasteiger partial charge in [0.2, 0.25) is 5.69 Å². The van der Waals surface area contributed by atoms with Crippen LogP contribution in [0.2, 0.25) is 0 Å². The minimum absolute atomic E-state index is 0.0414. The molecule has 2 heterocycles. The van der Waals surface area contributed by atoms with Gasteiger partial charge in [-0.1, -0.05) is 5.21 Å². The Morgan fingerprint density at radius 3 is 2.26 bits per heavy atom. The summed E-state index contributed by atoms with van der Waals surface area (Å²) in [5, 5.41) is 18.1. The van der Waals surface area contributed by atoms with E-state index in [2.05, 4.69) is 22.2 Å². The minimum Gasteiger partial charge on any atom is -0.461 e. The molecule has 1 saturated heterocycles. The van der Waals surface area contributed by atoms with E-state index in [-0.39, 0.29) is 43.4 Å². The van der Waals surface area contributed by atoms with Crippen molar-refractivity contribution in [1.82, 2.24) is 15.0 Å². The zero-order valence-corrected chi connectivity index (χ0v) is 19.5. The molecule has 2 saturated carbocycles. The topological polar surface area (TPSA) is 131 Å². The molecular formula is C23H31N3O8. The highest BCUT2D eigenvalue weighted by Gasteiger charge is 2.51. The molecule has 3 aliphatic rings. The van der Waals surface area contributed by atoms with Gasteiger partial charge >= 0.3 is 11.9 Å². The SMILES string of the molecule is CCOC(=O)C#Cc1c(C(=O)OCC)nnn1[C@@H]1O[C@H](CO)[C@@H](OC2CCC2)[C@H]1OC1CCC1. The monoisotopic (exact) mass is 477 g/mol. The van der Waals surface area contributed by atoms with Gasteiger partial charge < -0.3 is 28.8 Å². The number of aromatic nitrogens is 3. The van der Waals surface area contributed by atoms with Gasteiger partial charge in [0.15, 0.2) is 6.23 Å². The van der Waals surface area contributed by atoms with Crippen LogP contribution >= 0.6 is 0 Å². The Labute approximate surface area is 198 Å². The van der Waals surface area contributed by atoms with E-state index in [1.165, 1.54) is 4.68 Å². The second kappa shape index (κ2) is 11.3. The van der Waals surface area contributed by atoms with E-state index in [0.717, 1.165) is 38.5 Å². The summed E-state index contributed by atoms with van der Waals surface area (Å²) in [4.78, 5) is 24.4. The Morgan fingerprint density at radius 2 is 1.71 bits per heavy atom. The molecule has 186 valence electrons. The Balaban J connectivity index is 1.69. The molecule has 11 heteroatoms. The lowest BCUT2D eigenvalue weighted by atomic mass is 9.94. The van der Waals surface area contributed by atoms with Crippen LogP contribution in [-0.2, 0) is 28.5 Å². The summed E-state index contributed by atoms with van der Waals surface area (Å²) < 4.78 is 30.0. The summed E-state index contributed by atoms with van der Waals surface area (Å²) in [6.07, 6.45) is 3.38. The van der Waals surface area contributed by atoms with Gasteiger partial charge in [-0.15, -0.1) is 5.10 Å². The summed E-state index contributed by atoms with van der Waals surface area (Å²) in [5.74, 6) is 3.53. The third-order valence-corrected chi connectivity index (χ3v) is 6.23. The van der Waals surface area contributed by atoms with E-state index in [1.54, 1.807) is 13.8 Å². The zero-order valence-electron chi connectivity index (χ0n) is 19.5. The van der Waals surface area contributed by atoms with Crippen molar-refractivity contribution in [1.29, 1.82) is 0 Å². The van der Waals surface area contributed by atoms with Crippen LogP contribution in [0.1, 0.15) is 74.8 Å². The van der Waals surface area contributed by atoms with Crippen LogP contribution in [0.5, 0.6) is 0 Å². The standard InChI is InChI=1S/C23H31N3O8/c1-3-30-18(28)12-11-16-19(23(29)31-4-2)24-25-26(16)22-21(33-15-9-6-10-15)20(17(13-27)34-22)32-14-7-5-8-14/h14-15,17,20-22,27H,3-10,13H2,1-2H3/t17-,20-,21-,22-/m1/s1. The largest absolute Gasteiger partial charge is 0.461 e. The fourth-order valence-corrected chi connectivity index (χ4v) is 4.02. The Morgan fingerprint density at radius 1 is 1.06 bits per heavy atom. The smallest absolute Gasteiger partial charge is 0.384 e. The number of hydrogen-bond donors (Lipinski definition) is 1. The minimum atomic E-state index is -0.870. The molecule has 2 aliphatic carbocycles. The maximum absolute atomic E-state index is 12.5. The average Bonchev–Trinajstić information content (AvgIpc) is 3.32. The van der Waals surface area contributed by atoms with Gasteiger partial charge in [-0.25, -0.2) is 14.3 Å². The number of carbonyl (C=O) groups excluding carboxylic acids is 2. The van der Waals surface area contributed by atoms with Gasteiger partial charge in [0.25, 0.3) is 0 Å². The first-order chi connectivity index (χ1) is 16.5. The first kappa shape index (κ1) is 24.6. The maximum Gasteiger partial charge on any atom is 0.384 e. The predicted octanol–water partition coefficient (Wildman–Crippen LogP) is 1.13. The molecule has 1 aromatic heterocycles. The Bertz CT molecular complexity index is 930. The molecule has 0 bridgehead atoms. The van der Waals surface area contributed by atoms with E-state index < -0.39 is 36.5 Å². The highest BCUT2D eigenvalue weighted by Crippen LogP contribution is 2.39. The van der Waals surface area contributed by atoms with Gasteiger partial charge in [0, 0.05) is 5.92 Å². The molecule has 34 heavy (non-hydrogen) atoms. The second-order valence-corrected chi connectivity index (χ2v) is 8.48. The Hall–Kier alpha value is -2.52. The summed E-state index contributed by atoms with van der Waals surface area (Å²) in [6.45, 7) is 3.36. The van der Waals surface area contributed by atoms with Gasteiger partial charge in [0.1, 0.15) is 24.0 Å². The quantitative estimate of drug-likeness (QED) is 0.408. The molecule has 1 aliphatic heterocycles. The fraction of sp³-hybridized carbons (Fsp3) is 0.739. The summed E-state index contributed by atoms with van der Waals surface area (Å²) in [5.41, 5.74) is -0.103. The molecule has 0 aromatic carbocycles.